The summed E-state index contributed by atoms with van der Waals surface area (Å²) in [4.78, 5) is 35.5. The predicted molar refractivity (Wildman–Crippen MR) is 93.2 cm³/mol. The number of hydrogen-bond acceptors (Lipinski definition) is 5. The molecule has 2 aromatic rings. The molecule has 2 rings (SSSR count). The largest absolute Gasteiger partial charge is 0.465 e. The van der Waals surface area contributed by atoms with E-state index in [-0.39, 0.29) is 27.5 Å². The van der Waals surface area contributed by atoms with Gasteiger partial charge in [-0.3, -0.25) is 0 Å². The first-order chi connectivity index (χ1) is 12.0. The van der Waals surface area contributed by atoms with Gasteiger partial charge in [-0.25, -0.2) is 14.4 Å². The fourth-order valence-electron chi connectivity index (χ4n) is 2.02. The number of halogens is 1. The number of esters is 2. The van der Waals surface area contributed by atoms with Gasteiger partial charge in [-0.2, -0.15) is 0 Å². The number of hydrogen-bond donors (Lipinski definition) is 2. The molecule has 0 aliphatic carbocycles. The lowest BCUT2D eigenvalue weighted by atomic mass is 10.2. The highest BCUT2D eigenvalue weighted by Crippen LogP contribution is 2.24. The lowest BCUT2D eigenvalue weighted by Crippen LogP contribution is -2.21. The van der Waals surface area contributed by atoms with Crippen LogP contribution in [-0.2, 0) is 9.47 Å². The van der Waals surface area contributed by atoms with Crippen molar-refractivity contribution in [1.82, 2.24) is 0 Å². The fourth-order valence-corrected chi connectivity index (χ4v) is 2.19. The second-order valence-corrected chi connectivity index (χ2v) is 5.21. The zero-order valence-corrected chi connectivity index (χ0v) is 14.2. The minimum Gasteiger partial charge on any atom is -0.465 e. The van der Waals surface area contributed by atoms with Gasteiger partial charge in [0.05, 0.1) is 41.7 Å². The lowest BCUT2D eigenvalue weighted by Gasteiger charge is -2.12. The van der Waals surface area contributed by atoms with Gasteiger partial charge in [-0.1, -0.05) is 23.7 Å². The summed E-state index contributed by atoms with van der Waals surface area (Å²) in [5.41, 5.74) is 0.927. The number of urea groups is 1. The van der Waals surface area contributed by atoms with Gasteiger partial charge >= 0.3 is 18.0 Å². The van der Waals surface area contributed by atoms with Crippen LogP contribution in [0.25, 0.3) is 0 Å². The maximum atomic E-state index is 12.2. The summed E-state index contributed by atoms with van der Waals surface area (Å²) >= 11 is 6.03. The van der Waals surface area contributed by atoms with E-state index >= 15 is 0 Å². The van der Waals surface area contributed by atoms with E-state index < -0.39 is 18.0 Å². The van der Waals surface area contributed by atoms with Crippen LogP contribution in [0.15, 0.2) is 42.5 Å². The standard InChI is InChI=1S/C17H15ClN2O5/c1-24-15(21)10-7-8-12(18)14(9-10)20-17(23)19-13-6-4-3-5-11(13)16(22)25-2/h3-9H,1-2H3,(H2,19,20,23). The van der Waals surface area contributed by atoms with E-state index in [1.54, 1.807) is 18.2 Å². The van der Waals surface area contributed by atoms with Gasteiger partial charge in [0.15, 0.2) is 0 Å². The van der Waals surface area contributed by atoms with E-state index in [1.165, 1.54) is 38.5 Å². The van der Waals surface area contributed by atoms with Crippen molar-refractivity contribution in [3.8, 4) is 0 Å². The molecule has 0 atom stereocenters. The Morgan fingerprint density at radius 2 is 1.52 bits per heavy atom. The Bertz CT molecular complexity index is 822. The third kappa shape index (κ3) is 4.48. The second kappa shape index (κ2) is 8.16. The van der Waals surface area contributed by atoms with Gasteiger partial charge in [-0.05, 0) is 30.3 Å². The number of ether oxygens (including phenoxy) is 2. The van der Waals surface area contributed by atoms with E-state index in [4.69, 9.17) is 11.6 Å². The van der Waals surface area contributed by atoms with Crippen molar-refractivity contribution in [2.24, 2.45) is 0 Å². The van der Waals surface area contributed by atoms with Crippen molar-refractivity contribution in [2.45, 2.75) is 0 Å². The molecule has 0 bridgehead atoms. The number of methoxy groups -OCH3 is 2. The molecule has 0 radical (unpaired) electrons. The number of rotatable bonds is 4. The van der Waals surface area contributed by atoms with E-state index in [1.807, 2.05) is 0 Å². The van der Waals surface area contributed by atoms with Gasteiger partial charge in [0.1, 0.15) is 0 Å². The summed E-state index contributed by atoms with van der Waals surface area (Å²) in [6.07, 6.45) is 0. The summed E-state index contributed by atoms with van der Waals surface area (Å²) in [5, 5.41) is 5.30. The molecule has 0 saturated heterocycles. The van der Waals surface area contributed by atoms with Gasteiger partial charge in [-0.15, -0.1) is 0 Å². The maximum absolute atomic E-state index is 12.2. The van der Waals surface area contributed by atoms with Gasteiger partial charge < -0.3 is 20.1 Å². The SMILES string of the molecule is COC(=O)c1ccc(Cl)c(NC(=O)Nc2ccccc2C(=O)OC)c1. The Morgan fingerprint density at radius 1 is 0.880 bits per heavy atom. The number of para-hydroxylation sites is 1. The Kier molecular flexibility index (Phi) is 5.97. The minimum absolute atomic E-state index is 0.203. The summed E-state index contributed by atoms with van der Waals surface area (Å²) in [6, 6.07) is 10.1. The smallest absolute Gasteiger partial charge is 0.339 e. The number of anilines is 2. The molecule has 25 heavy (non-hydrogen) atoms. The van der Waals surface area contributed by atoms with Crippen molar-refractivity contribution in [1.29, 1.82) is 0 Å². The van der Waals surface area contributed by atoms with Crippen molar-refractivity contribution in [3.05, 3.63) is 58.6 Å². The zero-order valence-electron chi connectivity index (χ0n) is 13.5. The molecule has 0 aliphatic heterocycles. The molecule has 2 amide bonds. The van der Waals surface area contributed by atoms with Gasteiger partial charge in [0, 0.05) is 0 Å². The summed E-state index contributed by atoms with van der Waals surface area (Å²) < 4.78 is 9.29. The zero-order chi connectivity index (χ0) is 18.4. The van der Waals surface area contributed by atoms with E-state index in [0.717, 1.165) is 0 Å². The van der Waals surface area contributed by atoms with Crippen LogP contribution in [0.4, 0.5) is 16.2 Å². The third-order valence-corrected chi connectivity index (χ3v) is 3.55. The molecule has 0 aromatic heterocycles. The van der Waals surface area contributed by atoms with Crippen molar-refractivity contribution < 1.29 is 23.9 Å². The quantitative estimate of drug-likeness (QED) is 0.811. The highest BCUT2D eigenvalue weighted by Gasteiger charge is 2.15. The Hall–Kier alpha value is -3.06. The van der Waals surface area contributed by atoms with E-state index in [0.29, 0.717) is 0 Å². The molecule has 8 heteroatoms. The van der Waals surface area contributed by atoms with E-state index in [9.17, 15) is 14.4 Å². The molecule has 0 saturated carbocycles. The van der Waals surface area contributed by atoms with Crippen LogP contribution in [0.1, 0.15) is 20.7 Å². The molecule has 0 unspecified atom stereocenters. The Morgan fingerprint density at radius 3 is 2.20 bits per heavy atom. The fraction of sp³-hybridized carbons (Fsp3) is 0.118. The highest BCUT2D eigenvalue weighted by molar-refractivity contribution is 6.34. The minimum atomic E-state index is -0.639. The third-order valence-electron chi connectivity index (χ3n) is 3.22. The average Bonchev–Trinajstić information content (AvgIpc) is 2.62. The van der Waals surface area contributed by atoms with Crippen LogP contribution in [0, 0.1) is 0 Å². The number of amides is 2. The van der Waals surface area contributed by atoms with Crippen LogP contribution in [0.5, 0.6) is 0 Å². The monoisotopic (exact) mass is 362 g/mol. The molecule has 0 spiro atoms. The molecular weight excluding hydrogens is 348 g/mol. The number of benzene rings is 2. The van der Waals surface area contributed by atoms with Crippen molar-refractivity contribution >= 4 is 40.9 Å². The van der Waals surface area contributed by atoms with Crippen LogP contribution in [0.2, 0.25) is 5.02 Å². The van der Waals surface area contributed by atoms with Crippen LogP contribution in [0.3, 0.4) is 0 Å². The first-order valence-electron chi connectivity index (χ1n) is 7.09. The van der Waals surface area contributed by atoms with Crippen LogP contribution in [-0.4, -0.2) is 32.2 Å². The number of nitrogens with one attached hydrogen (secondary N) is 2. The summed E-state index contributed by atoms with van der Waals surface area (Å²) in [7, 11) is 2.50. The molecule has 2 N–H and O–H groups in total. The first kappa shape index (κ1) is 18.3. The molecule has 0 aliphatic rings. The normalized spacial score (nSPS) is 9.88. The maximum Gasteiger partial charge on any atom is 0.339 e. The molecule has 2 aromatic carbocycles. The molecular formula is C17H15ClN2O5. The Balaban J connectivity index is 2.19. The molecule has 0 heterocycles. The van der Waals surface area contributed by atoms with Crippen molar-refractivity contribution in [2.75, 3.05) is 24.9 Å². The number of carbonyl (C=O) groups excluding carboxylic acids is 3. The van der Waals surface area contributed by atoms with Crippen LogP contribution < -0.4 is 10.6 Å². The second-order valence-electron chi connectivity index (χ2n) is 4.80. The molecule has 7 nitrogen and oxygen atoms in total. The van der Waals surface area contributed by atoms with Crippen molar-refractivity contribution in [3.63, 3.8) is 0 Å². The van der Waals surface area contributed by atoms with E-state index in [2.05, 4.69) is 20.1 Å². The topological polar surface area (TPSA) is 93.7 Å². The molecule has 0 fully saturated rings. The Labute approximate surface area is 148 Å². The number of carbonyl (C=O) groups is 3. The van der Waals surface area contributed by atoms with Gasteiger partial charge in [0.25, 0.3) is 0 Å². The molecule has 130 valence electrons. The first-order valence-corrected chi connectivity index (χ1v) is 7.47. The summed E-state index contributed by atoms with van der Waals surface area (Å²) in [5.74, 6) is -1.14. The van der Waals surface area contributed by atoms with Gasteiger partial charge in [0.2, 0.25) is 0 Å². The average molecular weight is 363 g/mol. The summed E-state index contributed by atoms with van der Waals surface area (Å²) in [6.45, 7) is 0. The predicted octanol–water partition coefficient (Wildman–Crippen LogP) is 3.56. The van der Waals surface area contributed by atoms with Crippen LogP contribution >= 0.6 is 11.6 Å². The highest BCUT2D eigenvalue weighted by atomic mass is 35.5. The lowest BCUT2D eigenvalue weighted by molar-refractivity contribution is 0.0592.